The summed E-state index contributed by atoms with van der Waals surface area (Å²) in [5.41, 5.74) is 1.35. The molecule has 3 rings (SSSR count). The van der Waals surface area contributed by atoms with Gasteiger partial charge in [0.25, 0.3) is 0 Å². The number of anilines is 1. The molecule has 0 spiro atoms. The second kappa shape index (κ2) is 5.41. The third kappa shape index (κ3) is 2.16. The molecule has 0 radical (unpaired) electrons. The number of fused-ring (bicyclic) bond motifs is 1. The van der Waals surface area contributed by atoms with Gasteiger partial charge in [0.1, 0.15) is 0 Å². The average molecular weight is 269 g/mol. The van der Waals surface area contributed by atoms with Gasteiger partial charge >= 0.3 is 0 Å². The minimum atomic E-state index is 0.542. The lowest BCUT2D eigenvalue weighted by Gasteiger charge is -2.44. The minimum Gasteiger partial charge on any atom is -0.368 e. The SMILES string of the molecule is CNC1CCN(c2cccc3cnccc23)C(C)C1C. The van der Waals surface area contributed by atoms with Crippen LogP contribution >= 0.6 is 0 Å². The van der Waals surface area contributed by atoms with E-state index in [4.69, 9.17) is 0 Å². The molecular formula is C17H23N3. The van der Waals surface area contributed by atoms with Gasteiger partial charge in [-0.15, -0.1) is 0 Å². The van der Waals surface area contributed by atoms with Crippen LogP contribution in [0.15, 0.2) is 36.7 Å². The van der Waals surface area contributed by atoms with E-state index in [0.29, 0.717) is 18.0 Å². The molecular weight excluding hydrogens is 246 g/mol. The number of nitrogens with zero attached hydrogens (tertiary/aromatic N) is 2. The third-order valence-corrected chi connectivity index (χ3v) is 4.91. The van der Waals surface area contributed by atoms with Crippen LogP contribution in [-0.4, -0.2) is 30.7 Å². The number of piperidine rings is 1. The number of benzene rings is 1. The van der Waals surface area contributed by atoms with Gasteiger partial charge in [0.2, 0.25) is 0 Å². The number of rotatable bonds is 2. The first-order valence-corrected chi connectivity index (χ1v) is 7.49. The van der Waals surface area contributed by atoms with Crippen molar-refractivity contribution in [1.29, 1.82) is 0 Å². The third-order valence-electron chi connectivity index (χ3n) is 4.91. The zero-order chi connectivity index (χ0) is 14.1. The van der Waals surface area contributed by atoms with Crippen LogP contribution < -0.4 is 10.2 Å². The molecule has 0 amide bonds. The van der Waals surface area contributed by atoms with Crippen molar-refractivity contribution in [2.24, 2.45) is 5.92 Å². The fraction of sp³-hybridized carbons (Fsp3) is 0.471. The maximum Gasteiger partial charge on any atom is 0.0449 e. The molecule has 1 saturated heterocycles. The highest BCUT2D eigenvalue weighted by molar-refractivity contribution is 5.93. The first kappa shape index (κ1) is 13.4. The molecule has 1 aromatic carbocycles. The van der Waals surface area contributed by atoms with Gasteiger partial charge in [-0.1, -0.05) is 19.1 Å². The average Bonchev–Trinajstić information content (AvgIpc) is 2.50. The predicted molar refractivity (Wildman–Crippen MR) is 85.2 cm³/mol. The molecule has 0 bridgehead atoms. The first-order chi connectivity index (χ1) is 9.72. The number of nitrogens with one attached hydrogen (secondary N) is 1. The Bertz CT molecular complexity index is 590. The van der Waals surface area contributed by atoms with E-state index in [0.717, 1.165) is 6.54 Å². The fourth-order valence-electron chi connectivity index (χ4n) is 3.47. The Morgan fingerprint density at radius 2 is 2.10 bits per heavy atom. The summed E-state index contributed by atoms with van der Waals surface area (Å²) >= 11 is 0. The maximum atomic E-state index is 4.23. The van der Waals surface area contributed by atoms with Crippen molar-refractivity contribution in [1.82, 2.24) is 10.3 Å². The predicted octanol–water partition coefficient (Wildman–Crippen LogP) is 3.06. The van der Waals surface area contributed by atoms with Gasteiger partial charge in [0.05, 0.1) is 0 Å². The van der Waals surface area contributed by atoms with E-state index >= 15 is 0 Å². The molecule has 3 heteroatoms. The summed E-state index contributed by atoms with van der Waals surface area (Å²) in [5, 5.41) is 5.99. The Balaban J connectivity index is 1.99. The highest BCUT2D eigenvalue weighted by Crippen LogP contribution is 2.33. The monoisotopic (exact) mass is 269 g/mol. The lowest BCUT2D eigenvalue weighted by atomic mass is 9.86. The molecule has 1 aromatic heterocycles. The van der Waals surface area contributed by atoms with Crippen molar-refractivity contribution in [3.63, 3.8) is 0 Å². The summed E-state index contributed by atoms with van der Waals surface area (Å²) in [5.74, 6) is 0.644. The molecule has 3 nitrogen and oxygen atoms in total. The number of aromatic nitrogens is 1. The molecule has 1 aliphatic heterocycles. The van der Waals surface area contributed by atoms with Gasteiger partial charge in [-0.2, -0.15) is 0 Å². The maximum absolute atomic E-state index is 4.23. The normalized spacial score (nSPS) is 26.9. The highest BCUT2D eigenvalue weighted by Gasteiger charge is 2.32. The molecule has 3 atom stereocenters. The molecule has 1 fully saturated rings. The number of pyridine rings is 1. The molecule has 0 saturated carbocycles. The van der Waals surface area contributed by atoms with Crippen LogP contribution in [0.4, 0.5) is 5.69 Å². The first-order valence-electron chi connectivity index (χ1n) is 7.49. The van der Waals surface area contributed by atoms with Crippen LogP contribution in [0, 0.1) is 5.92 Å². The molecule has 1 aliphatic rings. The highest BCUT2D eigenvalue weighted by atomic mass is 15.2. The van der Waals surface area contributed by atoms with Crippen molar-refractivity contribution < 1.29 is 0 Å². The Morgan fingerprint density at radius 3 is 2.90 bits per heavy atom. The Kier molecular flexibility index (Phi) is 3.62. The van der Waals surface area contributed by atoms with Crippen LogP contribution in [0.25, 0.3) is 10.8 Å². The molecule has 20 heavy (non-hydrogen) atoms. The van der Waals surface area contributed by atoms with Gasteiger partial charge in [-0.3, -0.25) is 4.98 Å². The Morgan fingerprint density at radius 1 is 1.25 bits per heavy atom. The largest absolute Gasteiger partial charge is 0.368 e. The van der Waals surface area contributed by atoms with E-state index < -0.39 is 0 Å². The lowest BCUT2D eigenvalue weighted by Crippen LogP contribution is -2.52. The Hall–Kier alpha value is -1.61. The zero-order valence-corrected chi connectivity index (χ0v) is 12.5. The van der Waals surface area contributed by atoms with E-state index in [-0.39, 0.29) is 0 Å². The van der Waals surface area contributed by atoms with Gasteiger partial charge in [-0.25, -0.2) is 0 Å². The van der Waals surface area contributed by atoms with Crippen LogP contribution in [0.2, 0.25) is 0 Å². The Labute approximate surface area is 121 Å². The van der Waals surface area contributed by atoms with Crippen LogP contribution in [0.5, 0.6) is 0 Å². The summed E-state index contributed by atoms with van der Waals surface area (Å²) < 4.78 is 0. The van der Waals surface area contributed by atoms with Crippen LogP contribution in [0.1, 0.15) is 20.3 Å². The van der Waals surface area contributed by atoms with E-state index in [9.17, 15) is 0 Å². The molecule has 0 aliphatic carbocycles. The van der Waals surface area contributed by atoms with Crippen molar-refractivity contribution in [3.05, 3.63) is 36.7 Å². The van der Waals surface area contributed by atoms with E-state index in [2.05, 4.69) is 60.4 Å². The lowest BCUT2D eigenvalue weighted by molar-refractivity contribution is 0.283. The standard InChI is InChI=1S/C17H23N3/c1-12-13(2)20(10-8-16(12)18-3)17-6-4-5-14-11-19-9-7-15(14)17/h4-7,9,11-13,16,18H,8,10H2,1-3H3. The second-order valence-corrected chi connectivity index (χ2v) is 5.85. The fourth-order valence-corrected chi connectivity index (χ4v) is 3.47. The van der Waals surface area contributed by atoms with Gasteiger partial charge < -0.3 is 10.2 Å². The molecule has 2 heterocycles. The molecule has 106 valence electrons. The summed E-state index contributed by atoms with van der Waals surface area (Å²) in [4.78, 5) is 6.79. The minimum absolute atomic E-state index is 0.542. The number of hydrogen-bond acceptors (Lipinski definition) is 3. The topological polar surface area (TPSA) is 28.2 Å². The summed E-state index contributed by atoms with van der Waals surface area (Å²) in [6, 6.07) is 9.82. The van der Waals surface area contributed by atoms with Crippen LogP contribution in [-0.2, 0) is 0 Å². The van der Waals surface area contributed by atoms with Gasteiger partial charge in [-0.05, 0) is 38.4 Å². The van der Waals surface area contributed by atoms with E-state index in [1.807, 2.05) is 12.4 Å². The van der Waals surface area contributed by atoms with Gasteiger partial charge in [0.15, 0.2) is 0 Å². The summed E-state index contributed by atoms with van der Waals surface area (Å²) in [6.45, 7) is 5.80. The van der Waals surface area contributed by atoms with Crippen molar-refractivity contribution in [3.8, 4) is 0 Å². The molecule has 3 unspecified atom stereocenters. The van der Waals surface area contributed by atoms with Crippen molar-refractivity contribution in [2.45, 2.75) is 32.4 Å². The summed E-state index contributed by atoms with van der Waals surface area (Å²) in [7, 11) is 2.08. The van der Waals surface area contributed by atoms with E-state index in [1.54, 1.807) is 0 Å². The summed E-state index contributed by atoms with van der Waals surface area (Å²) in [6.07, 6.45) is 5.04. The molecule has 2 aromatic rings. The molecule has 1 N–H and O–H groups in total. The second-order valence-electron chi connectivity index (χ2n) is 5.85. The van der Waals surface area contributed by atoms with Crippen molar-refractivity contribution in [2.75, 3.05) is 18.5 Å². The zero-order valence-electron chi connectivity index (χ0n) is 12.5. The van der Waals surface area contributed by atoms with Crippen LogP contribution in [0.3, 0.4) is 0 Å². The number of hydrogen-bond donors (Lipinski definition) is 1. The van der Waals surface area contributed by atoms with E-state index in [1.165, 1.54) is 22.9 Å². The quantitative estimate of drug-likeness (QED) is 0.908. The van der Waals surface area contributed by atoms with Gasteiger partial charge in [0, 0.05) is 47.5 Å². The smallest absolute Gasteiger partial charge is 0.0449 e. The van der Waals surface area contributed by atoms with Crippen molar-refractivity contribution >= 4 is 16.5 Å².